The largest absolute Gasteiger partial charge is 0.368 e. The Bertz CT molecular complexity index is 1860. The van der Waals surface area contributed by atoms with Crippen molar-refractivity contribution in [3.63, 3.8) is 0 Å². The second-order valence-electron chi connectivity index (χ2n) is 8.86. The summed E-state index contributed by atoms with van der Waals surface area (Å²) in [5.74, 6) is -0.0587. The van der Waals surface area contributed by atoms with E-state index >= 15 is 0 Å². The third-order valence-electron chi connectivity index (χ3n) is 6.18. The van der Waals surface area contributed by atoms with Crippen molar-refractivity contribution in [3.8, 4) is 16.8 Å². The Morgan fingerprint density at radius 3 is 2.54 bits per heavy atom. The van der Waals surface area contributed by atoms with Gasteiger partial charge in [0.1, 0.15) is 22.8 Å². The number of nitrogens with zero attached hydrogens (tertiary/aromatic N) is 5. The van der Waals surface area contributed by atoms with E-state index in [1.165, 1.54) is 41.4 Å². The number of rotatable bonds is 7. The first-order valence-corrected chi connectivity index (χ1v) is 13.9. The van der Waals surface area contributed by atoms with Crippen molar-refractivity contribution in [1.29, 1.82) is 0 Å². The first kappa shape index (κ1) is 25.9. The van der Waals surface area contributed by atoms with E-state index in [1.54, 1.807) is 30.3 Å². The van der Waals surface area contributed by atoms with Gasteiger partial charge in [-0.2, -0.15) is 4.98 Å². The Morgan fingerprint density at radius 1 is 1.05 bits per heavy atom. The summed E-state index contributed by atoms with van der Waals surface area (Å²) in [6.45, 7) is 1.89. The second-order valence-corrected chi connectivity index (χ2v) is 10.9. The normalized spacial score (nSPS) is 12.4. The van der Waals surface area contributed by atoms with Gasteiger partial charge in [-0.1, -0.05) is 31.2 Å². The highest BCUT2D eigenvalue weighted by Gasteiger charge is 2.23. The van der Waals surface area contributed by atoms with Crippen LogP contribution in [0.3, 0.4) is 0 Å². The Hall–Kier alpha value is -4.71. The average Bonchev–Trinajstić information content (AvgIpc) is 2.91. The zero-order valence-corrected chi connectivity index (χ0v) is 21.9. The molecule has 3 aromatic heterocycles. The van der Waals surface area contributed by atoms with Crippen LogP contribution in [-0.2, 0) is 9.84 Å². The summed E-state index contributed by atoms with van der Waals surface area (Å²) in [5, 5.41) is 3.19. The van der Waals surface area contributed by atoms with Gasteiger partial charge in [0.2, 0.25) is 5.95 Å². The molecule has 0 spiro atoms. The van der Waals surface area contributed by atoms with Crippen LogP contribution >= 0.6 is 0 Å². The zero-order valence-electron chi connectivity index (χ0n) is 21.0. The van der Waals surface area contributed by atoms with Gasteiger partial charge in [0.15, 0.2) is 9.84 Å². The number of fused-ring (bicyclic) bond motifs is 1. The first-order valence-electron chi connectivity index (χ1n) is 12.0. The summed E-state index contributed by atoms with van der Waals surface area (Å²) in [6.07, 6.45) is 5.76. The number of anilines is 2. The van der Waals surface area contributed by atoms with Crippen LogP contribution in [0.2, 0.25) is 0 Å². The van der Waals surface area contributed by atoms with Crippen molar-refractivity contribution >= 4 is 32.5 Å². The monoisotopic (exact) mass is 545 g/mol. The maximum atomic E-state index is 14.8. The van der Waals surface area contributed by atoms with E-state index in [4.69, 9.17) is 10.7 Å². The molecule has 12 heteroatoms. The number of nitrogen functional groups attached to an aromatic ring is 1. The second kappa shape index (κ2) is 10.2. The topological polar surface area (TPSA) is 146 Å². The van der Waals surface area contributed by atoms with E-state index in [0.29, 0.717) is 29.1 Å². The number of nitrogens with two attached hydrogens (primary N) is 1. The molecule has 3 N–H and O–H groups in total. The molecule has 0 saturated carbocycles. The minimum atomic E-state index is -3.52. The van der Waals surface area contributed by atoms with Crippen LogP contribution in [0, 0.1) is 5.82 Å². The van der Waals surface area contributed by atoms with Crippen LogP contribution < -0.4 is 16.6 Å². The van der Waals surface area contributed by atoms with Crippen LogP contribution in [0.1, 0.15) is 25.2 Å². The molecule has 0 amide bonds. The van der Waals surface area contributed by atoms with Crippen molar-refractivity contribution in [1.82, 2.24) is 24.5 Å². The van der Waals surface area contributed by atoms with Crippen LogP contribution in [0.5, 0.6) is 0 Å². The van der Waals surface area contributed by atoms with E-state index in [2.05, 4.69) is 20.3 Å². The summed E-state index contributed by atoms with van der Waals surface area (Å²) in [7, 11) is -3.52. The van der Waals surface area contributed by atoms with E-state index in [9.17, 15) is 17.6 Å². The van der Waals surface area contributed by atoms with Crippen LogP contribution in [0.4, 0.5) is 16.2 Å². The number of para-hydroxylation sites is 1. The van der Waals surface area contributed by atoms with Gasteiger partial charge in [-0.3, -0.25) is 14.3 Å². The molecule has 39 heavy (non-hydrogen) atoms. The van der Waals surface area contributed by atoms with Gasteiger partial charge in [-0.05, 0) is 36.8 Å². The summed E-state index contributed by atoms with van der Waals surface area (Å²) >= 11 is 0. The first-order chi connectivity index (χ1) is 18.7. The van der Waals surface area contributed by atoms with E-state index in [0.717, 1.165) is 6.26 Å². The molecule has 0 aliphatic rings. The lowest BCUT2D eigenvalue weighted by atomic mass is 10.1. The fraction of sp³-hybridized carbons (Fsp3) is 0.148. The Morgan fingerprint density at radius 2 is 1.82 bits per heavy atom. The number of pyridine rings is 1. The summed E-state index contributed by atoms with van der Waals surface area (Å²) in [5.41, 5.74) is 6.99. The van der Waals surface area contributed by atoms with Crippen LogP contribution in [0.25, 0.3) is 27.7 Å². The number of hydrogen-bond acceptors (Lipinski definition) is 9. The van der Waals surface area contributed by atoms with Gasteiger partial charge in [-0.15, -0.1) is 0 Å². The highest BCUT2D eigenvalue weighted by atomic mass is 32.2. The lowest BCUT2D eigenvalue weighted by Gasteiger charge is -2.23. The predicted octanol–water partition coefficient (Wildman–Crippen LogP) is 3.93. The predicted molar refractivity (Wildman–Crippen MR) is 147 cm³/mol. The molecule has 5 rings (SSSR count). The minimum absolute atomic E-state index is 0.0164. The summed E-state index contributed by atoms with van der Waals surface area (Å²) in [6, 6.07) is 14.0. The van der Waals surface area contributed by atoms with Crippen LogP contribution in [-0.4, -0.2) is 39.2 Å². The Labute approximate surface area is 223 Å². The number of sulfone groups is 1. The van der Waals surface area contributed by atoms with E-state index in [1.807, 2.05) is 13.0 Å². The molecule has 1 unspecified atom stereocenters. The van der Waals surface area contributed by atoms with Gasteiger partial charge in [0.25, 0.3) is 5.56 Å². The zero-order chi connectivity index (χ0) is 27.7. The van der Waals surface area contributed by atoms with Crippen molar-refractivity contribution in [2.45, 2.75) is 24.3 Å². The number of aromatic nitrogens is 5. The molecule has 3 heterocycles. The quantitative estimate of drug-likeness (QED) is 0.311. The standard InChI is InChI=1S/C27H24FN7O3S/c1-3-21(32-24-19(15-31-27(29)34-24)16-12-18(14-30-13-16)39(2,37)38)25-33-22-11-7-10-20(28)23(22)26(36)35(25)17-8-5-4-6-9-17/h4-15,21H,3H2,1-2H3,(H3,29,31,32,34). The molecule has 198 valence electrons. The Kier molecular flexibility index (Phi) is 6.79. The number of nitrogens with one attached hydrogen (secondary N) is 1. The smallest absolute Gasteiger partial charge is 0.269 e. The van der Waals surface area contributed by atoms with Crippen LogP contribution in [0.15, 0.2) is 82.9 Å². The van der Waals surface area contributed by atoms with Crippen molar-refractivity contribution in [2.24, 2.45) is 0 Å². The maximum absolute atomic E-state index is 14.8. The van der Waals surface area contributed by atoms with Gasteiger partial charge in [0.05, 0.1) is 22.1 Å². The van der Waals surface area contributed by atoms with Gasteiger partial charge in [0, 0.05) is 36.0 Å². The molecule has 10 nitrogen and oxygen atoms in total. The van der Waals surface area contributed by atoms with Gasteiger partial charge >= 0.3 is 0 Å². The molecular formula is C27H24FN7O3S. The molecule has 0 aliphatic heterocycles. The average molecular weight is 546 g/mol. The highest BCUT2D eigenvalue weighted by Crippen LogP contribution is 2.31. The van der Waals surface area contributed by atoms with Crippen molar-refractivity contribution in [3.05, 3.63) is 95.2 Å². The summed E-state index contributed by atoms with van der Waals surface area (Å²) < 4.78 is 40.4. The molecule has 0 saturated heterocycles. The molecule has 2 aromatic carbocycles. The fourth-order valence-corrected chi connectivity index (χ4v) is 4.86. The fourth-order valence-electron chi connectivity index (χ4n) is 4.27. The number of hydrogen-bond donors (Lipinski definition) is 2. The lowest BCUT2D eigenvalue weighted by molar-refractivity contribution is 0.601. The van der Waals surface area contributed by atoms with Crippen molar-refractivity contribution in [2.75, 3.05) is 17.3 Å². The third-order valence-corrected chi connectivity index (χ3v) is 7.26. The molecular weight excluding hydrogens is 521 g/mol. The van der Waals surface area contributed by atoms with Crippen molar-refractivity contribution < 1.29 is 12.8 Å². The Balaban J connectivity index is 1.69. The lowest BCUT2D eigenvalue weighted by Crippen LogP contribution is -2.29. The minimum Gasteiger partial charge on any atom is -0.368 e. The SMILES string of the molecule is CCC(Nc1nc(N)ncc1-c1cncc(S(C)(=O)=O)c1)c1nc2cccc(F)c2c(=O)n1-c1ccccc1. The third kappa shape index (κ3) is 5.06. The highest BCUT2D eigenvalue weighted by molar-refractivity contribution is 7.90. The molecule has 0 radical (unpaired) electrons. The summed E-state index contributed by atoms with van der Waals surface area (Å²) in [4.78, 5) is 30.9. The molecule has 1 atom stereocenters. The van der Waals surface area contributed by atoms with E-state index in [-0.39, 0.29) is 27.6 Å². The maximum Gasteiger partial charge on any atom is 0.269 e. The van der Waals surface area contributed by atoms with Gasteiger partial charge in [-0.25, -0.2) is 22.8 Å². The number of halogens is 1. The molecule has 0 fully saturated rings. The van der Waals surface area contributed by atoms with Gasteiger partial charge < -0.3 is 11.1 Å². The molecule has 5 aromatic rings. The molecule has 0 aliphatic carbocycles. The van der Waals surface area contributed by atoms with E-state index < -0.39 is 27.3 Å². The molecule has 0 bridgehead atoms. The number of benzene rings is 2.